The predicted molar refractivity (Wildman–Crippen MR) is 98.4 cm³/mol. The Hall–Kier alpha value is -2.87. The largest absolute Gasteiger partial charge is 0.462 e. The van der Waals surface area contributed by atoms with Gasteiger partial charge in [0.25, 0.3) is 5.91 Å². The fourth-order valence-electron chi connectivity index (χ4n) is 2.34. The number of benzene rings is 1. The lowest BCUT2D eigenvalue weighted by Gasteiger charge is -2.09. The van der Waals surface area contributed by atoms with Crippen molar-refractivity contribution in [1.82, 2.24) is 5.32 Å². The summed E-state index contributed by atoms with van der Waals surface area (Å²) in [5.74, 6) is -1.63. The van der Waals surface area contributed by atoms with E-state index in [4.69, 9.17) is 15.2 Å². The Bertz CT molecular complexity index is 844. The van der Waals surface area contributed by atoms with Crippen molar-refractivity contribution in [3.05, 3.63) is 51.4 Å². The van der Waals surface area contributed by atoms with E-state index in [1.165, 1.54) is 7.05 Å². The Labute approximate surface area is 155 Å². The molecule has 2 rings (SSSR count). The molecule has 0 aliphatic heterocycles. The van der Waals surface area contributed by atoms with E-state index in [2.05, 4.69) is 5.32 Å². The van der Waals surface area contributed by atoms with E-state index in [-0.39, 0.29) is 34.2 Å². The number of thiophene rings is 1. The number of aryl methyl sites for hydroxylation is 1. The van der Waals surface area contributed by atoms with Crippen LogP contribution in [0.4, 0.5) is 5.00 Å². The number of ether oxygens (including phenoxy) is 2. The van der Waals surface area contributed by atoms with Crippen LogP contribution >= 0.6 is 11.3 Å². The first-order chi connectivity index (χ1) is 12.4. The van der Waals surface area contributed by atoms with E-state index >= 15 is 0 Å². The van der Waals surface area contributed by atoms with Gasteiger partial charge in [0, 0.05) is 12.6 Å². The number of hydrogen-bond acceptors (Lipinski definition) is 7. The number of rotatable bonds is 6. The Morgan fingerprint density at radius 1 is 1.19 bits per heavy atom. The fourth-order valence-corrected chi connectivity index (χ4v) is 3.35. The van der Waals surface area contributed by atoms with Crippen LogP contribution in [0.5, 0.6) is 0 Å². The van der Waals surface area contributed by atoms with Crippen molar-refractivity contribution >= 4 is 34.2 Å². The summed E-state index contributed by atoms with van der Waals surface area (Å²) in [6, 6.07) is 6.92. The summed E-state index contributed by atoms with van der Waals surface area (Å²) < 4.78 is 10.3. The van der Waals surface area contributed by atoms with Gasteiger partial charge < -0.3 is 20.5 Å². The second kappa shape index (κ2) is 8.48. The summed E-state index contributed by atoms with van der Waals surface area (Å²) in [5.41, 5.74) is 7.50. The van der Waals surface area contributed by atoms with Crippen molar-refractivity contribution in [2.45, 2.75) is 20.5 Å². The number of amides is 1. The minimum atomic E-state index is -0.655. The summed E-state index contributed by atoms with van der Waals surface area (Å²) in [4.78, 5) is 36.8. The van der Waals surface area contributed by atoms with E-state index in [0.717, 1.165) is 16.9 Å². The molecule has 2 aromatic rings. The average Bonchev–Trinajstić information content (AvgIpc) is 2.95. The zero-order chi connectivity index (χ0) is 19.3. The van der Waals surface area contributed by atoms with Crippen molar-refractivity contribution in [2.24, 2.45) is 0 Å². The highest BCUT2D eigenvalue weighted by molar-refractivity contribution is 7.18. The highest BCUT2D eigenvalue weighted by atomic mass is 32.1. The minimum Gasteiger partial charge on any atom is -0.462 e. The molecular weight excluding hydrogens is 356 g/mol. The maximum atomic E-state index is 12.3. The number of nitrogen functional groups attached to an aromatic ring is 1. The van der Waals surface area contributed by atoms with Crippen LogP contribution in [0, 0.1) is 6.92 Å². The molecule has 138 valence electrons. The highest BCUT2D eigenvalue weighted by Gasteiger charge is 2.27. The molecular formula is C18H20N2O5S. The summed E-state index contributed by atoms with van der Waals surface area (Å²) in [7, 11) is 1.46. The molecule has 0 aliphatic rings. The number of nitrogens with one attached hydrogen (secondary N) is 1. The van der Waals surface area contributed by atoms with Gasteiger partial charge in [0.2, 0.25) is 0 Å². The van der Waals surface area contributed by atoms with Crippen LogP contribution in [0.3, 0.4) is 0 Å². The number of anilines is 1. The van der Waals surface area contributed by atoms with Gasteiger partial charge >= 0.3 is 11.9 Å². The van der Waals surface area contributed by atoms with E-state index < -0.39 is 17.8 Å². The van der Waals surface area contributed by atoms with Gasteiger partial charge in [-0.1, -0.05) is 17.7 Å². The van der Waals surface area contributed by atoms with Crippen LogP contribution in [0.2, 0.25) is 0 Å². The van der Waals surface area contributed by atoms with Gasteiger partial charge in [-0.3, -0.25) is 4.79 Å². The molecule has 0 saturated heterocycles. The predicted octanol–water partition coefficient (Wildman–Crippen LogP) is 2.53. The maximum Gasteiger partial charge on any atom is 0.341 e. The Morgan fingerprint density at radius 3 is 2.54 bits per heavy atom. The van der Waals surface area contributed by atoms with Gasteiger partial charge in [0.1, 0.15) is 22.0 Å². The second-order valence-corrected chi connectivity index (χ2v) is 6.45. The third-order valence-electron chi connectivity index (χ3n) is 3.55. The number of nitrogens with two attached hydrogens (primary N) is 1. The first-order valence-corrected chi connectivity index (χ1v) is 8.74. The Morgan fingerprint density at radius 2 is 1.92 bits per heavy atom. The molecule has 0 aliphatic carbocycles. The first-order valence-electron chi connectivity index (χ1n) is 7.93. The molecule has 0 fully saturated rings. The van der Waals surface area contributed by atoms with Crippen LogP contribution in [0.25, 0.3) is 0 Å². The topological polar surface area (TPSA) is 108 Å². The summed E-state index contributed by atoms with van der Waals surface area (Å²) in [5, 5.41) is 2.63. The lowest BCUT2D eigenvalue weighted by Crippen LogP contribution is -2.19. The van der Waals surface area contributed by atoms with Gasteiger partial charge in [0.05, 0.1) is 12.2 Å². The van der Waals surface area contributed by atoms with Crippen LogP contribution in [-0.4, -0.2) is 31.5 Å². The second-order valence-electron chi connectivity index (χ2n) is 5.39. The molecule has 8 heteroatoms. The lowest BCUT2D eigenvalue weighted by atomic mass is 10.1. The van der Waals surface area contributed by atoms with Crippen molar-refractivity contribution in [2.75, 3.05) is 19.4 Å². The van der Waals surface area contributed by atoms with E-state index in [0.29, 0.717) is 5.56 Å². The zero-order valence-corrected chi connectivity index (χ0v) is 15.6. The smallest absolute Gasteiger partial charge is 0.341 e. The number of carbonyl (C=O) groups is 3. The monoisotopic (exact) mass is 376 g/mol. The van der Waals surface area contributed by atoms with Crippen LogP contribution in [0.15, 0.2) is 24.3 Å². The fraction of sp³-hybridized carbons (Fsp3) is 0.278. The summed E-state index contributed by atoms with van der Waals surface area (Å²) in [6.07, 6.45) is 0. The third-order valence-corrected chi connectivity index (χ3v) is 4.61. The molecule has 1 aromatic carbocycles. The molecule has 26 heavy (non-hydrogen) atoms. The van der Waals surface area contributed by atoms with Gasteiger partial charge in [-0.05, 0) is 26.0 Å². The summed E-state index contributed by atoms with van der Waals surface area (Å²) in [6.45, 7) is 3.42. The molecule has 0 unspecified atom stereocenters. The average molecular weight is 376 g/mol. The number of hydrogen-bond donors (Lipinski definition) is 2. The minimum absolute atomic E-state index is 0.0625. The van der Waals surface area contributed by atoms with Gasteiger partial charge in [-0.25, -0.2) is 9.59 Å². The van der Waals surface area contributed by atoms with Gasteiger partial charge in [-0.2, -0.15) is 0 Å². The molecule has 0 atom stereocenters. The van der Waals surface area contributed by atoms with Gasteiger partial charge in [0.15, 0.2) is 0 Å². The Balaban J connectivity index is 2.32. The molecule has 1 heterocycles. The molecule has 0 bridgehead atoms. The number of esters is 2. The maximum absolute atomic E-state index is 12.3. The molecule has 3 N–H and O–H groups in total. The lowest BCUT2D eigenvalue weighted by molar-refractivity contribution is 0.0449. The van der Waals surface area contributed by atoms with Crippen molar-refractivity contribution in [3.8, 4) is 0 Å². The van der Waals surface area contributed by atoms with Crippen LogP contribution in [0.1, 0.15) is 48.4 Å². The molecule has 0 spiro atoms. The van der Waals surface area contributed by atoms with Crippen molar-refractivity contribution < 1.29 is 23.9 Å². The standard InChI is InChI=1S/C18H20N2O5S/c1-4-24-18(23)13-12(14(16(21)20-3)26-15(13)19)9-25-17(22)11-7-5-6-10(2)8-11/h5-8H,4,9,19H2,1-3H3,(H,20,21). The van der Waals surface area contributed by atoms with Crippen LogP contribution in [-0.2, 0) is 16.1 Å². The molecule has 7 nitrogen and oxygen atoms in total. The number of carbonyl (C=O) groups excluding carboxylic acids is 3. The van der Waals surface area contributed by atoms with E-state index in [9.17, 15) is 14.4 Å². The molecule has 1 aromatic heterocycles. The van der Waals surface area contributed by atoms with Crippen molar-refractivity contribution in [1.29, 1.82) is 0 Å². The third kappa shape index (κ3) is 4.20. The Kier molecular flexibility index (Phi) is 6.35. The normalized spacial score (nSPS) is 10.3. The van der Waals surface area contributed by atoms with Crippen LogP contribution < -0.4 is 11.1 Å². The highest BCUT2D eigenvalue weighted by Crippen LogP contribution is 2.32. The van der Waals surface area contributed by atoms with Gasteiger partial charge in [-0.15, -0.1) is 11.3 Å². The van der Waals surface area contributed by atoms with E-state index in [1.54, 1.807) is 25.1 Å². The first kappa shape index (κ1) is 19.5. The molecule has 0 radical (unpaired) electrons. The SMILES string of the molecule is CCOC(=O)c1c(N)sc(C(=O)NC)c1COC(=O)c1cccc(C)c1. The van der Waals surface area contributed by atoms with Crippen molar-refractivity contribution in [3.63, 3.8) is 0 Å². The zero-order valence-electron chi connectivity index (χ0n) is 14.8. The van der Waals surface area contributed by atoms with E-state index in [1.807, 2.05) is 13.0 Å². The molecule has 0 saturated carbocycles. The quantitative estimate of drug-likeness (QED) is 0.750. The molecule has 1 amide bonds. The summed E-state index contributed by atoms with van der Waals surface area (Å²) >= 11 is 0.951.